The van der Waals surface area contributed by atoms with Crippen LogP contribution in [-0.4, -0.2) is 22.6 Å². The molecule has 4 heteroatoms. The fourth-order valence-corrected chi connectivity index (χ4v) is 3.09. The molecule has 0 aliphatic carbocycles. The van der Waals surface area contributed by atoms with Crippen molar-refractivity contribution in [3.05, 3.63) is 72.1 Å². The molecule has 24 heavy (non-hydrogen) atoms. The van der Waals surface area contributed by atoms with Gasteiger partial charge in [-0.25, -0.2) is 9.78 Å². The third kappa shape index (κ3) is 2.15. The van der Waals surface area contributed by atoms with E-state index < -0.39 is 0 Å². The zero-order valence-corrected chi connectivity index (χ0v) is 13.5. The summed E-state index contributed by atoms with van der Waals surface area (Å²) in [6, 6.07) is 16.1. The standard InChI is InChI=1S/C20H16N2O2/c1-13-7-8-18-16(11-13)17(20(23)24-2)12-22(18)19-15-6-4-3-5-14(15)9-10-21-19/h3-12H,1-2H3. The summed E-state index contributed by atoms with van der Waals surface area (Å²) >= 11 is 0. The Balaban J connectivity index is 2.08. The van der Waals surface area contributed by atoms with Crippen molar-refractivity contribution in [2.45, 2.75) is 6.92 Å². The fraction of sp³-hybridized carbons (Fsp3) is 0.100. The van der Waals surface area contributed by atoms with Crippen LogP contribution >= 0.6 is 0 Å². The number of carbonyl (C=O) groups excluding carboxylic acids is 1. The van der Waals surface area contributed by atoms with Crippen LogP contribution < -0.4 is 0 Å². The first-order chi connectivity index (χ1) is 11.7. The summed E-state index contributed by atoms with van der Waals surface area (Å²) in [7, 11) is 1.40. The van der Waals surface area contributed by atoms with Crippen LogP contribution in [-0.2, 0) is 4.74 Å². The molecule has 0 amide bonds. The van der Waals surface area contributed by atoms with Gasteiger partial charge < -0.3 is 4.74 Å². The Hall–Kier alpha value is -3.14. The summed E-state index contributed by atoms with van der Waals surface area (Å²) in [5, 5.41) is 3.02. The van der Waals surface area contributed by atoms with Gasteiger partial charge in [0.05, 0.1) is 18.2 Å². The smallest absolute Gasteiger partial charge is 0.340 e. The van der Waals surface area contributed by atoms with Gasteiger partial charge in [0, 0.05) is 23.2 Å². The second-order valence-electron chi connectivity index (χ2n) is 5.78. The number of rotatable bonds is 2. The molecule has 0 bridgehead atoms. The second-order valence-corrected chi connectivity index (χ2v) is 5.78. The van der Waals surface area contributed by atoms with Crippen molar-refractivity contribution >= 4 is 27.6 Å². The van der Waals surface area contributed by atoms with E-state index in [1.165, 1.54) is 7.11 Å². The normalized spacial score (nSPS) is 11.1. The van der Waals surface area contributed by atoms with E-state index in [0.29, 0.717) is 5.56 Å². The highest BCUT2D eigenvalue weighted by Gasteiger charge is 2.18. The summed E-state index contributed by atoms with van der Waals surface area (Å²) < 4.78 is 6.91. The predicted molar refractivity (Wildman–Crippen MR) is 94.7 cm³/mol. The number of benzene rings is 2. The summed E-state index contributed by atoms with van der Waals surface area (Å²) in [5.41, 5.74) is 2.58. The van der Waals surface area contributed by atoms with Crippen molar-refractivity contribution < 1.29 is 9.53 Å². The van der Waals surface area contributed by atoms with E-state index in [9.17, 15) is 4.79 Å². The molecule has 118 valence electrons. The molecule has 4 rings (SSSR count). The maximum absolute atomic E-state index is 12.2. The monoisotopic (exact) mass is 316 g/mol. The lowest BCUT2D eigenvalue weighted by molar-refractivity contribution is 0.0603. The van der Waals surface area contributed by atoms with Gasteiger partial charge in [0.15, 0.2) is 0 Å². The van der Waals surface area contributed by atoms with Crippen LogP contribution in [0.3, 0.4) is 0 Å². The molecule has 0 N–H and O–H groups in total. The highest BCUT2D eigenvalue weighted by Crippen LogP contribution is 2.29. The van der Waals surface area contributed by atoms with Crippen molar-refractivity contribution in [3.63, 3.8) is 0 Å². The first-order valence-corrected chi connectivity index (χ1v) is 7.73. The lowest BCUT2D eigenvalue weighted by Crippen LogP contribution is -2.00. The number of methoxy groups -OCH3 is 1. The molecular formula is C20H16N2O2. The van der Waals surface area contributed by atoms with Crippen molar-refractivity contribution in [1.29, 1.82) is 0 Å². The van der Waals surface area contributed by atoms with Crippen molar-refractivity contribution in [2.75, 3.05) is 7.11 Å². The highest BCUT2D eigenvalue weighted by atomic mass is 16.5. The fourth-order valence-electron chi connectivity index (χ4n) is 3.09. The first-order valence-electron chi connectivity index (χ1n) is 7.73. The Kier molecular flexibility index (Phi) is 3.31. The number of aromatic nitrogens is 2. The average Bonchev–Trinajstić information content (AvgIpc) is 2.99. The molecule has 4 nitrogen and oxygen atoms in total. The SMILES string of the molecule is COC(=O)c1cn(-c2nccc3ccccc23)c2ccc(C)cc12. The number of pyridine rings is 1. The first kappa shape index (κ1) is 14.5. The molecule has 0 atom stereocenters. The van der Waals surface area contributed by atoms with E-state index in [1.54, 1.807) is 6.20 Å². The summed E-state index contributed by atoms with van der Waals surface area (Å²) in [6.07, 6.45) is 3.60. The summed E-state index contributed by atoms with van der Waals surface area (Å²) in [5.74, 6) is 0.460. The summed E-state index contributed by atoms with van der Waals surface area (Å²) in [6.45, 7) is 2.01. The van der Waals surface area contributed by atoms with Gasteiger partial charge in [-0.2, -0.15) is 0 Å². The quantitative estimate of drug-likeness (QED) is 0.519. The maximum Gasteiger partial charge on any atom is 0.340 e. The Morgan fingerprint density at radius 3 is 2.75 bits per heavy atom. The van der Waals surface area contributed by atoms with Gasteiger partial charge in [-0.05, 0) is 30.5 Å². The average molecular weight is 316 g/mol. The molecule has 0 unspecified atom stereocenters. The number of hydrogen-bond acceptors (Lipinski definition) is 3. The van der Waals surface area contributed by atoms with Gasteiger partial charge in [0.25, 0.3) is 0 Å². The highest BCUT2D eigenvalue weighted by molar-refractivity contribution is 6.05. The minimum atomic E-state index is -0.343. The molecule has 0 aliphatic heterocycles. The third-order valence-corrected chi connectivity index (χ3v) is 4.25. The van der Waals surface area contributed by atoms with Gasteiger partial charge in [-0.1, -0.05) is 35.9 Å². The number of esters is 1. The Morgan fingerprint density at radius 2 is 1.92 bits per heavy atom. The largest absolute Gasteiger partial charge is 0.465 e. The number of nitrogens with zero attached hydrogens (tertiary/aromatic N) is 2. The molecule has 2 heterocycles. The van der Waals surface area contributed by atoms with E-state index in [0.717, 1.165) is 33.1 Å². The van der Waals surface area contributed by atoms with Gasteiger partial charge in [-0.15, -0.1) is 0 Å². The molecule has 2 aromatic heterocycles. The number of fused-ring (bicyclic) bond motifs is 2. The van der Waals surface area contributed by atoms with Crippen molar-refractivity contribution in [1.82, 2.24) is 9.55 Å². The van der Waals surface area contributed by atoms with E-state index >= 15 is 0 Å². The zero-order valence-electron chi connectivity index (χ0n) is 13.5. The predicted octanol–water partition coefficient (Wildman–Crippen LogP) is 4.27. The van der Waals surface area contributed by atoms with Crippen LogP contribution in [0.15, 0.2) is 60.9 Å². The molecule has 0 fully saturated rings. The van der Waals surface area contributed by atoms with Crippen LogP contribution in [0.4, 0.5) is 0 Å². The van der Waals surface area contributed by atoms with Gasteiger partial charge in [0.1, 0.15) is 5.82 Å². The topological polar surface area (TPSA) is 44.1 Å². The molecule has 2 aromatic carbocycles. The van der Waals surface area contributed by atoms with Crippen LogP contribution in [0.1, 0.15) is 15.9 Å². The van der Waals surface area contributed by atoms with Crippen LogP contribution in [0.2, 0.25) is 0 Å². The van der Waals surface area contributed by atoms with E-state index in [1.807, 2.05) is 60.2 Å². The van der Waals surface area contributed by atoms with Gasteiger partial charge in [-0.3, -0.25) is 4.57 Å². The molecule has 4 aromatic rings. The number of carbonyl (C=O) groups is 1. The van der Waals surface area contributed by atoms with Gasteiger partial charge >= 0.3 is 5.97 Å². The molecule has 0 saturated carbocycles. The molecule has 0 spiro atoms. The number of aryl methyl sites for hydroxylation is 1. The molecule has 0 saturated heterocycles. The van der Waals surface area contributed by atoms with E-state index in [-0.39, 0.29) is 5.97 Å². The Morgan fingerprint density at radius 1 is 1.08 bits per heavy atom. The van der Waals surface area contributed by atoms with Gasteiger partial charge in [0.2, 0.25) is 0 Å². The van der Waals surface area contributed by atoms with E-state index in [2.05, 4.69) is 11.1 Å². The lowest BCUT2D eigenvalue weighted by atomic mass is 10.1. The molecule has 0 aliphatic rings. The number of hydrogen-bond donors (Lipinski definition) is 0. The van der Waals surface area contributed by atoms with Crippen LogP contribution in [0.25, 0.3) is 27.5 Å². The minimum absolute atomic E-state index is 0.343. The lowest BCUT2D eigenvalue weighted by Gasteiger charge is -2.08. The van der Waals surface area contributed by atoms with Crippen molar-refractivity contribution in [2.24, 2.45) is 0 Å². The third-order valence-electron chi connectivity index (χ3n) is 4.25. The maximum atomic E-state index is 12.2. The minimum Gasteiger partial charge on any atom is -0.465 e. The second kappa shape index (κ2) is 5.49. The molecule has 0 radical (unpaired) electrons. The van der Waals surface area contributed by atoms with Crippen LogP contribution in [0.5, 0.6) is 0 Å². The Labute approximate surface area is 139 Å². The van der Waals surface area contributed by atoms with Crippen molar-refractivity contribution in [3.8, 4) is 5.82 Å². The van der Waals surface area contributed by atoms with E-state index in [4.69, 9.17) is 4.74 Å². The zero-order chi connectivity index (χ0) is 16.7. The molecular weight excluding hydrogens is 300 g/mol. The Bertz CT molecular complexity index is 1070. The summed E-state index contributed by atoms with van der Waals surface area (Å²) in [4.78, 5) is 16.8. The van der Waals surface area contributed by atoms with Crippen LogP contribution in [0, 0.1) is 6.92 Å². The number of ether oxygens (including phenoxy) is 1.